The van der Waals surface area contributed by atoms with Crippen molar-refractivity contribution in [1.29, 1.82) is 0 Å². The van der Waals surface area contributed by atoms with E-state index in [-0.39, 0.29) is 18.1 Å². The molecule has 1 amide bonds. The number of H-pyrrole nitrogens is 1. The van der Waals surface area contributed by atoms with Crippen LogP contribution in [0.3, 0.4) is 0 Å². The third-order valence-electron chi connectivity index (χ3n) is 5.24. The van der Waals surface area contributed by atoms with Gasteiger partial charge in [-0.15, -0.1) is 0 Å². The molecule has 0 aliphatic carbocycles. The number of aromatic nitrogens is 2. The normalized spacial score (nSPS) is 10.9. The molecule has 4 aromatic carbocycles. The Kier molecular flexibility index (Phi) is 5.91. The predicted molar refractivity (Wildman–Crippen MR) is 131 cm³/mol. The highest BCUT2D eigenvalue weighted by atomic mass is 32.2. The Morgan fingerprint density at radius 1 is 0.879 bits per heavy atom. The van der Waals surface area contributed by atoms with E-state index in [0.29, 0.717) is 11.3 Å². The van der Waals surface area contributed by atoms with Gasteiger partial charge in [-0.25, -0.2) is 4.39 Å². The van der Waals surface area contributed by atoms with Gasteiger partial charge in [-0.05, 0) is 48.0 Å². The summed E-state index contributed by atoms with van der Waals surface area (Å²) < 4.78 is 13.8. The zero-order valence-electron chi connectivity index (χ0n) is 17.6. The summed E-state index contributed by atoms with van der Waals surface area (Å²) in [7, 11) is 0. The highest BCUT2D eigenvalue weighted by Gasteiger charge is 2.11. The maximum absolute atomic E-state index is 13.8. The first kappa shape index (κ1) is 21.0. The van der Waals surface area contributed by atoms with Gasteiger partial charge in [-0.2, -0.15) is 5.10 Å². The highest BCUT2D eigenvalue weighted by molar-refractivity contribution is 7.99. The number of halogens is 1. The van der Waals surface area contributed by atoms with Gasteiger partial charge in [0.1, 0.15) is 5.82 Å². The van der Waals surface area contributed by atoms with Gasteiger partial charge in [0, 0.05) is 26.4 Å². The van der Waals surface area contributed by atoms with E-state index in [1.54, 1.807) is 30.0 Å². The number of hydrogen-bond acceptors (Lipinski definition) is 3. The summed E-state index contributed by atoms with van der Waals surface area (Å²) in [5.41, 5.74) is 4.02. The molecule has 6 heteroatoms. The van der Waals surface area contributed by atoms with Crippen LogP contribution in [0.4, 0.5) is 10.1 Å². The van der Waals surface area contributed by atoms with Crippen molar-refractivity contribution in [2.45, 2.75) is 16.2 Å². The van der Waals surface area contributed by atoms with Gasteiger partial charge >= 0.3 is 0 Å². The number of anilines is 1. The molecular weight excluding hydrogens is 433 g/mol. The Morgan fingerprint density at radius 2 is 1.67 bits per heavy atom. The molecule has 33 heavy (non-hydrogen) atoms. The van der Waals surface area contributed by atoms with Crippen LogP contribution in [0.5, 0.6) is 0 Å². The van der Waals surface area contributed by atoms with Crippen molar-refractivity contribution in [3.8, 4) is 11.3 Å². The van der Waals surface area contributed by atoms with Crippen molar-refractivity contribution in [2.75, 3.05) is 5.32 Å². The number of carbonyl (C=O) groups is 1. The van der Waals surface area contributed by atoms with E-state index in [1.165, 1.54) is 6.07 Å². The predicted octanol–water partition coefficient (Wildman–Crippen LogP) is 6.70. The van der Waals surface area contributed by atoms with E-state index in [0.717, 1.165) is 32.0 Å². The summed E-state index contributed by atoms with van der Waals surface area (Å²) in [4.78, 5) is 14.4. The smallest absolute Gasteiger partial charge is 0.228 e. The summed E-state index contributed by atoms with van der Waals surface area (Å²) in [6.45, 7) is 0. The molecule has 1 heterocycles. The minimum Gasteiger partial charge on any atom is -0.326 e. The van der Waals surface area contributed by atoms with Crippen LogP contribution in [0.1, 0.15) is 5.56 Å². The fraction of sp³-hybridized carbons (Fsp3) is 0.0370. The molecule has 4 nitrogen and oxygen atoms in total. The Bertz CT molecular complexity index is 1430. The molecule has 0 saturated heterocycles. The number of hydrogen-bond donors (Lipinski definition) is 2. The SMILES string of the molecule is O=C(Cc1ccccc1F)Nc1cccc(Sc2ccc3c(-c4ccccc4)n[nH]c3c2)c1. The Labute approximate surface area is 194 Å². The van der Waals surface area contributed by atoms with Crippen molar-refractivity contribution >= 4 is 34.3 Å². The summed E-state index contributed by atoms with van der Waals surface area (Å²) in [5.74, 6) is -0.629. The zero-order chi connectivity index (χ0) is 22.6. The topological polar surface area (TPSA) is 57.8 Å². The van der Waals surface area contributed by atoms with E-state index >= 15 is 0 Å². The number of nitrogens with zero attached hydrogens (tertiary/aromatic N) is 1. The molecule has 0 atom stereocenters. The van der Waals surface area contributed by atoms with Crippen LogP contribution in [-0.4, -0.2) is 16.1 Å². The molecule has 0 saturated carbocycles. The number of fused-ring (bicyclic) bond motifs is 1. The number of aromatic amines is 1. The van der Waals surface area contributed by atoms with Crippen molar-refractivity contribution in [2.24, 2.45) is 0 Å². The van der Waals surface area contributed by atoms with Gasteiger partial charge in [0.2, 0.25) is 5.91 Å². The van der Waals surface area contributed by atoms with Gasteiger partial charge in [-0.1, -0.05) is 66.4 Å². The molecule has 5 aromatic rings. The molecule has 0 radical (unpaired) electrons. The van der Waals surface area contributed by atoms with Crippen LogP contribution in [0.2, 0.25) is 0 Å². The Morgan fingerprint density at radius 3 is 2.52 bits per heavy atom. The number of nitrogens with one attached hydrogen (secondary N) is 2. The van der Waals surface area contributed by atoms with E-state index in [9.17, 15) is 9.18 Å². The Balaban J connectivity index is 1.30. The second-order valence-electron chi connectivity index (χ2n) is 7.59. The summed E-state index contributed by atoms with van der Waals surface area (Å²) in [6.07, 6.45) is -0.00964. The summed E-state index contributed by atoms with van der Waals surface area (Å²) in [6, 6.07) is 30.2. The first-order valence-corrected chi connectivity index (χ1v) is 11.3. The van der Waals surface area contributed by atoms with Gasteiger partial charge in [-0.3, -0.25) is 9.89 Å². The fourth-order valence-electron chi connectivity index (χ4n) is 3.67. The van der Waals surface area contributed by atoms with Crippen molar-refractivity contribution in [3.05, 3.63) is 108 Å². The van der Waals surface area contributed by atoms with Gasteiger partial charge in [0.25, 0.3) is 0 Å². The third-order valence-corrected chi connectivity index (χ3v) is 6.22. The van der Waals surface area contributed by atoms with Crippen LogP contribution in [0.25, 0.3) is 22.2 Å². The number of rotatable bonds is 6. The van der Waals surface area contributed by atoms with Crippen LogP contribution < -0.4 is 5.32 Å². The van der Waals surface area contributed by atoms with Crippen molar-refractivity contribution < 1.29 is 9.18 Å². The van der Waals surface area contributed by atoms with E-state index in [1.807, 2.05) is 54.6 Å². The molecule has 0 unspecified atom stereocenters. The molecule has 5 rings (SSSR count). The molecule has 0 fully saturated rings. The van der Waals surface area contributed by atoms with Crippen molar-refractivity contribution in [1.82, 2.24) is 10.2 Å². The van der Waals surface area contributed by atoms with E-state index in [4.69, 9.17) is 0 Å². The first-order valence-electron chi connectivity index (χ1n) is 10.5. The maximum atomic E-state index is 13.8. The van der Waals surface area contributed by atoms with E-state index < -0.39 is 0 Å². The average Bonchev–Trinajstić information content (AvgIpc) is 3.25. The minimum atomic E-state index is -0.374. The van der Waals surface area contributed by atoms with Crippen molar-refractivity contribution in [3.63, 3.8) is 0 Å². The lowest BCUT2D eigenvalue weighted by atomic mass is 10.1. The van der Waals surface area contributed by atoms with Crippen LogP contribution in [0, 0.1) is 5.82 Å². The maximum Gasteiger partial charge on any atom is 0.228 e. The molecule has 0 bridgehead atoms. The second-order valence-corrected chi connectivity index (χ2v) is 8.74. The number of carbonyl (C=O) groups excluding carboxylic acids is 1. The quantitative estimate of drug-likeness (QED) is 0.301. The third kappa shape index (κ3) is 4.81. The highest BCUT2D eigenvalue weighted by Crippen LogP contribution is 2.33. The van der Waals surface area contributed by atoms with E-state index in [2.05, 4.69) is 33.7 Å². The average molecular weight is 454 g/mol. The molecule has 1 aromatic heterocycles. The van der Waals surface area contributed by atoms with Gasteiger partial charge in [0.05, 0.1) is 17.6 Å². The van der Waals surface area contributed by atoms with Crippen LogP contribution >= 0.6 is 11.8 Å². The van der Waals surface area contributed by atoms with Crippen LogP contribution in [-0.2, 0) is 11.2 Å². The van der Waals surface area contributed by atoms with Gasteiger partial charge in [0.15, 0.2) is 0 Å². The molecule has 0 aliphatic rings. The monoisotopic (exact) mass is 453 g/mol. The summed E-state index contributed by atoms with van der Waals surface area (Å²) >= 11 is 1.60. The number of benzene rings is 4. The molecule has 0 aliphatic heterocycles. The fourth-order valence-corrected chi connectivity index (χ4v) is 4.59. The zero-order valence-corrected chi connectivity index (χ0v) is 18.4. The largest absolute Gasteiger partial charge is 0.326 e. The standard InChI is InChI=1S/C27H20FN3OS/c28-24-12-5-4-9-19(24)15-26(32)29-20-10-6-11-21(16-20)33-22-13-14-23-25(17-22)30-31-27(23)18-7-2-1-3-8-18/h1-14,16-17H,15H2,(H,29,32)(H,30,31). The van der Waals surface area contributed by atoms with Gasteiger partial charge < -0.3 is 5.32 Å². The Hall–Kier alpha value is -3.90. The lowest BCUT2D eigenvalue weighted by Gasteiger charge is -2.08. The van der Waals surface area contributed by atoms with Crippen LogP contribution in [0.15, 0.2) is 107 Å². The minimum absolute atomic E-state index is 0.00964. The molecule has 162 valence electrons. The first-order chi connectivity index (χ1) is 16.2. The lowest BCUT2D eigenvalue weighted by Crippen LogP contribution is -2.15. The second kappa shape index (κ2) is 9.30. The lowest BCUT2D eigenvalue weighted by molar-refractivity contribution is -0.115. The molecular formula is C27H20FN3OS. The summed E-state index contributed by atoms with van der Waals surface area (Å²) in [5, 5.41) is 11.5. The molecule has 0 spiro atoms. The molecule has 2 N–H and O–H groups in total. The number of amides is 1.